The minimum atomic E-state index is -3.01. The molecule has 132 valence electrons. The lowest BCUT2D eigenvalue weighted by atomic mass is 10.1. The van der Waals surface area contributed by atoms with Gasteiger partial charge in [0.05, 0.1) is 17.9 Å². The fraction of sp³-hybridized carbons (Fsp3) is 0.588. The zero-order valence-corrected chi connectivity index (χ0v) is 14.7. The Morgan fingerprint density at radius 1 is 1.25 bits per heavy atom. The van der Waals surface area contributed by atoms with Gasteiger partial charge in [0.2, 0.25) is 5.91 Å². The summed E-state index contributed by atoms with van der Waals surface area (Å²) >= 11 is 0. The van der Waals surface area contributed by atoms with Crippen molar-refractivity contribution >= 4 is 15.7 Å². The second-order valence-electron chi connectivity index (χ2n) is 6.30. The second kappa shape index (κ2) is 7.01. The minimum Gasteiger partial charge on any atom is -0.486 e. The van der Waals surface area contributed by atoms with E-state index >= 15 is 0 Å². The number of hydrogen-bond donors (Lipinski definition) is 0. The van der Waals surface area contributed by atoms with Crippen LogP contribution < -0.4 is 9.47 Å². The zero-order valence-electron chi connectivity index (χ0n) is 13.9. The Labute approximate surface area is 142 Å². The number of sulfone groups is 1. The van der Waals surface area contributed by atoms with E-state index in [0.717, 1.165) is 12.0 Å². The Kier molecular flexibility index (Phi) is 4.99. The number of benzene rings is 1. The van der Waals surface area contributed by atoms with Crippen molar-refractivity contribution in [2.24, 2.45) is 0 Å². The molecule has 6 nitrogen and oxygen atoms in total. The number of fused-ring (bicyclic) bond motifs is 1. The number of nitrogens with zero attached hydrogens (tertiary/aromatic N) is 1. The molecule has 0 N–H and O–H groups in total. The molecule has 1 saturated heterocycles. The summed E-state index contributed by atoms with van der Waals surface area (Å²) in [6.45, 7) is 3.62. The van der Waals surface area contributed by atoms with Crippen LogP contribution in [-0.4, -0.2) is 56.5 Å². The van der Waals surface area contributed by atoms with Gasteiger partial charge in [-0.05, 0) is 30.5 Å². The van der Waals surface area contributed by atoms with Crippen LogP contribution in [0, 0.1) is 0 Å². The average molecular weight is 353 g/mol. The van der Waals surface area contributed by atoms with Crippen molar-refractivity contribution in [3.05, 3.63) is 23.8 Å². The topological polar surface area (TPSA) is 72.9 Å². The van der Waals surface area contributed by atoms with Crippen LogP contribution in [0.3, 0.4) is 0 Å². The SMILES string of the molecule is CCCN(C(=O)Cc1ccc2c(c1)OCCO2)[C@H]1CCS(=O)(=O)C1. The minimum absolute atomic E-state index is 0.0318. The van der Waals surface area contributed by atoms with Gasteiger partial charge < -0.3 is 14.4 Å². The first kappa shape index (κ1) is 17.1. The van der Waals surface area contributed by atoms with E-state index < -0.39 is 9.84 Å². The van der Waals surface area contributed by atoms with Crippen molar-refractivity contribution in [2.45, 2.75) is 32.2 Å². The Bertz CT molecular complexity index is 716. The normalized spacial score (nSPS) is 21.5. The first-order valence-electron chi connectivity index (χ1n) is 8.37. The highest BCUT2D eigenvalue weighted by molar-refractivity contribution is 7.91. The molecule has 0 aliphatic carbocycles. The van der Waals surface area contributed by atoms with Crippen LogP contribution >= 0.6 is 0 Å². The van der Waals surface area contributed by atoms with Crippen molar-refractivity contribution in [1.29, 1.82) is 0 Å². The predicted octanol–water partition coefficient (Wildman–Crippen LogP) is 1.43. The van der Waals surface area contributed by atoms with E-state index in [1.165, 1.54) is 0 Å². The molecule has 0 unspecified atom stereocenters. The highest BCUT2D eigenvalue weighted by Gasteiger charge is 2.34. The van der Waals surface area contributed by atoms with Gasteiger partial charge in [-0.1, -0.05) is 13.0 Å². The maximum absolute atomic E-state index is 12.7. The van der Waals surface area contributed by atoms with Crippen LogP contribution in [-0.2, 0) is 21.1 Å². The van der Waals surface area contributed by atoms with Crippen LogP contribution in [0.1, 0.15) is 25.3 Å². The molecule has 0 aromatic heterocycles. The summed E-state index contributed by atoms with van der Waals surface area (Å²) in [5.41, 5.74) is 0.853. The van der Waals surface area contributed by atoms with Gasteiger partial charge in [-0.15, -0.1) is 0 Å². The van der Waals surface area contributed by atoms with Crippen molar-refractivity contribution in [3.8, 4) is 11.5 Å². The standard InChI is InChI=1S/C17H23NO5S/c1-2-6-18(14-5-9-24(20,21)12-14)17(19)11-13-3-4-15-16(10-13)23-8-7-22-15/h3-4,10,14H,2,5-9,11-12H2,1H3/t14-/m0/s1. The van der Waals surface area contributed by atoms with Crippen LogP contribution in [0.4, 0.5) is 0 Å². The summed E-state index contributed by atoms with van der Waals surface area (Å²) in [6, 6.07) is 5.32. The summed E-state index contributed by atoms with van der Waals surface area (Å²) in [4.78, 5) is 14.5. The quantitative estimate of drug-likeness (QED) is 0.801. The second-order valence-corrected chi connectivity index (χ2v) is 8.53. The molecule has 2 heterocycles. The van der Waals surface area contributed by atoms with Crippen molar-refractivity contribution in [1.82, 2.24) is 4.90 Å². The molecule has 0 saturated carbocycles. The first-order valence-corrected chi connectivity index (χ1v) is 10.2. The van der Waals surface area contributed by atoms with Gasteiger partial charge in [0.1, 0.15) is 13.2 Å². The average Bonchev–Trinajstić information content (AvgIpc) is 2.92. The van der Waals surface area contributed by atoms with E-state index in [2.05, 4.69) is 0 Å². The number of carbonyl (C=O) groups is 1. The van der Waals surface area contributed by atoms with Gasteiger partial charge in [0.25, 0.3) is 0 Å². The van der Waals surface area contributed by atoms with Crippen molar-refractivity contribution in [2.75, 3.05) is 31.3 Å². The molecule has 2 aliphatic heterocycles. The van der Waals surface area contributed by atoms with Crippen molar-refractivity contribution in [3.63, 3.8) is 0 Å². The van der Waals surface area contributed by atoms with Gasteiger partial charge >= 0.3 is 0 Å². The maximum Gasteiger partial charge on any atom is 0.227 e. The number of carbonyl (C=O) groups excluding carboxylic acids is 1. The Morgan fingerprint density at radius 3 is 2.67 bits per heavy atom. The third-order valence-corrected chi connectivity index (χ3v) is 6.15. The van der Waals surface area contributed by atoms with E-state index in [-0.39, 0.29) is 29.9 Å². The largest absolute Gasteiger partial charge is 0.486 e. The number of hydrogen-bond acceptors (Lipinski definition) is 5. The van der Waals surface area contributed by atoms with Gasteiger partial charge in [-0.25, -0.2) is 8.42 Å². The number of rotatable bonds is 5. The summed E-state index contributed by atoms with van der Waals surface area (Å²) in [6.07, 6.45) is 1.59. The van der Waals surface area contributed by atoms with Gasteiger partial charge in [0, 0.05) is 12.6 Å². The predicted molar refractivity (Wildman–Crippen MR) is 90.2 cm³/mol. The number of amides is 1. The summed E-state index contributed by atoms with van der Waals surface area (Å²) in [5, 5.41) is 0. The summed E-state index contributed by atoms with van der Waals surface area (Å²) in [7, 11) is -3.01. The Balaban J connectivity index is 1.71. The number of ether oxygens (including phenoxy) is 2. The van der Waals surface area contributed by atoms with Crippen LogP contribution in [0.15, 0.2) is 18.2 Å². The summed E-state index contributed by atoms with van der Waals surface area (Å²) < 4.78 is 34.5. The molecule has 1 aromatic rings. The fourth-order valence-electron chi connectivity index (χ4n) is 3.25. The van der Waals surface area contributed by atoms with E-state index in [9.17, 15) is 13.2 Å². The van der Waals surface area contributed by atoms with E-state index in [4.69, 9.17) is 9.47 Å². The monoisotopic (exact) mass is 353 g/mol. The fourth-order valence-corrected chi connectivity index (χ4v) is 4.98. The third-order valence-electron chi connectivity index (χ3n) is 4.40. The van der Waals surface area contributed by atoms with E-state index in [0.29, 0.717) is 37.7 Å². The molecular formula is C17H23NO5S. The Morgan fingerprint density at radius 2 is 2.00 bits per heavy atom. The molecule has 1 atom stereocenters. The third kappa shape index (κ3) is 3.83. The zero-order chi connectivity index (χ0) is 17.2. The highest BCUT2D eigenvalue weighted by atomic mass is 32.2. The molecule has 1 aromatic carbocycles. The lowest BCUT2D eigenvalue weighted by Crippen LogP contribution is -2.42. The molecule has 0 bridgehead atoms. The molecule has 3 rings (SSSR count). The van der Waals surface area contributed by atoms with Gasteiger partial charge in [-0.3, -0.25) is 4.79 Å². The van der Waals surface area contributed by atoms with Crippen molar-refractivity contribution < 1.29 is 22.7 Å². The first-order chi connectivity index (χ1) is 11.5. The molecule has 7 heteroatoms. The summed E-state index contributed by atoms with van der Waals surface area (Å²) in [5.74, 6) is 1.59. The maximum atomic E-state index is 12.7. The van der Waals surface area contributed by atoms with Gasteiger partial charge in [-0.2, -0.15) is 0 Å². The van der Waals surface area contributed by atoms with Crippen LogP contribution in [0.2, 0.25) is 0 Å². The van der Waals surface area contributed by atoms with E-state index in [1.807, 2.05) is 25.1 Å². The smallest absolute Gasteiger partial charge is 0.227 e. The molecule has 0 spiro atoms. The van der Waals surface area contributed by atoms with Gasteiger partial charge in [0.15, 0.2) is 21.3 Å². The molecular weight excluding hydrogens is 330 g/mol. The van der Waals surface area contributed by atoms with Crippen LogP contribution in [0.25, 0.3) is 0 Å². The Hall–Kier alpha value is -1.76. The molecule has 24 heavy (non-hydrogen) atoms. The lowest BCUT2D eigenvalue weighted by molar-refractivity contribution is -0.132. The van der Waals surface area contributed by atoms with E-state index in [1.54, 1.807) is 4.90 Å². The molecule has 1 fully saturated rings. The molecule has 1 amide bonds. The highest BCUT2D eigenvalue weighted by Crippen LogP contribution is 2.31. The van der Waals surface area contributed by atoms with Crippen LogP contribution in [0.5, 0.6) is 11.5 Å². The molecule has 0 radical (unpaired) electrons. The lowest BCUT2D eigenvalue weighted by Gasteiger charge is -2.28. The molecule has 2 aliphatic rings.